The van der Waals surface area contributed by atoms with Gasteiger partial charge in [-0.3, -0.25) is 0 Å². The summed E-state index contributed by atoms with van der Waals surface area (Å²) >= 11 is 0. The topological polar surface area (TPSA) is 76.7 Å². The predicted molar refractivity (Wildman–Crippen MR) is 98.6 cm³/mol. The average Bonchev–Trinajstić information content (AvgIpc) is 3.45. The van der Waals surface area contributed by atoms with Crippen molar-refractivity contribution in [3.63, 3.8) is 0 Å². The Hall–Kier alpha value is -3.28. The summed E-state index contributed by atoms with van der Waals surface area (Å²) in [5, 5.41) is 12.6. The van der Waals surface area contributed by atoms with Gasteiger partial charge < -0.3 is 9.73 Å². The number of hydrogen-bond donors (Lipinski definition) is 1. The zero-order valence-electron chi connectivity index (χ0n) is 14.1. The van der Waals surface area contributed by atoms with E-state index in [1.54, 1.807) is 0 Å². The number of hydrogen-bond acceptors (Lipinski definition) is 6. The molecule has 2 heterocycles. The second-order valence-electron chi connectivity index (χ2n) is 6.44. The van der Waals surface area contributed by atoms with Crippen molar-refractivity contribution in [3.05, 3.63) is 66.4 Å². The highest BCUT2D eigenvalue weighted by molar-refractivity contribution is 5.90. The van der Waals surface area contributed by atoms with E-state index in [0.29, 0.717) is 24.2 Å². The first-order valence-corrected chi connectivity index (χ1v) is 8.75. The number of rotatable bonds is 5. The lowest BCUT2D eigenvalue weighted by molar-refractivity contribution is 0.457. The third-order valence-electron chi connectivity index (χ3n) is 4.45. The van der Waals surface area contributed by atoms with Crippen molar-refractivity contribution in [1.82, 2.24) is 20.2 Å². The maximum Gasteiger partial charge on any atom is 0.235 e. The molecule has 1 fully saturated rings. The second kappa shape index (κ2) is 6.22. The maximum absolute atomic E-state index is 5.73. The average molecular weight is 343 g/mol. The molecule has 0 spiro atoms. The van der Waals surface area contributed by atoms with Gasteiger partial charge in [0.05, 0.1) is 12.1 Å². The first kappa shape index (κ1) is 15.0. The van der Waals surface area contributed by atoms with Gasteiger partial charge in [-0.25, -0.2) is 9.97 Å². The Bertz CT molecular complexity index is 1060. The number of nitrogens with one attached hydrogen (secondary N) is 1. The number of nitrogens with zero attached hydrogens (tertiary/aromatic N) is 4. The predicted octanol–water partition coefficient (Wildman–Crippen LogP) is 4.17. The minimum atomic E-state index is 0.439. The number of para-hydroxylation sites is 1. The standard InChI is InChI=1S/C20H17N5O/c1-2-6-13(7-3-1)18-22-16-9-5-4-8-15(16)19(23-18)21-12-17-24-25-20(26-17)14-10-11-14/h1-9,14H,10-12H2,(H,21,22,23). The van der Waals surface area contributed by atoms with Crippen molar-refractivity contribution in [2.24, 2.45) is 0 Å². The Kier molecular flexibility index (Phi) is 3.59. The zero-order valence-corrected chi connectivity index (χ0v) is 14.1. The van der Waals surface area contributed by atoms with E-state index < -0.39 is 0 Å². The van der Waals surface area contributed by atoms with Gasteiger partial charge in [0.15, 0.2) is 5.82 Å². The maximum atomic E-state index is 5.73. The molecular weight excluding hydrogens is 326 g/mol. The quantitative estimate of drug-likeness (QED) is 0.586. The number of fused-ring (bicyclic) bond motifs is 1. The van der Waals surface area contributed by atoms with Crippen LogP contribution in [0, 0.1) is 0 Å². The van der Waals surface area contributed by atoms with Gasteiger partial charge in [-0.05, 0) is 25.0 Å². The molecule has 1 N–H and O–H groups in total. The summed E-state index contributed by atoms with van der Waals surface area (Å²) in [5.74, 6) is 3.24. The van der Waals surface area contributed by atoms with E-state index in [1.807, 2.05) is 54.6 Å². The Morgan fingerprint density at radius 3 is 2.58 bits per heavy atom. The second-order valence-corrected chi connectivity index (χ2v) is 6.44. The SMILES string of the molecule is c1ccc(-c2nc(NCc3nnc(C4CC4)o3)c3ccccc3n2)cc1. The molecule has 0 amide bonds. The Morgan fingerprint density at radius 1 is 0.923 bits per heavy atom. The third kappa shape index (κ3) is 2.90. The molecule has 6 nitrogen and oxygen atoms in total. The molecule has 1 aliphatic rings. The summed E-state index contributed by atoms with van der Waals surface area (Å²) in [6.45, 7) is 0.439. The molecule has 2 aromatic carbocycles. The molecular formula is C20H17N5O. The summed E-state index contributed by atoms with van der Waals surface area (Å²) in [6, 6.07) is 17.9. The molecule has 1 aliphatic carbocycles. The fourth-order valence-corrected chi connectivity index (χ4v) is 2.92. The molecule has 4 aromatic rings. The van der Waals surface area contributed by atoms with Crippen LogP contribution < -0.4 is 5.32 Å². The van der Waals surface area contributed by atoms with Crippen LogP contribution in [0.3, 0.4) is 0 Å². The molecule has 2 aromatic heterocycles. The molecule has 5 rings (SSSR count). The van der Waals surface area contributed by atoms with E-state index in [1.165, 1.54) is 0 Å². The lowest BCUT2D eigenvalue weighted by atomic mass is 10.2. The molecule has 0 bridgehead atoms. The van der Waals surface area contributed by atoms with Crippen LogP contribution in [0.5, 0.6) is 0 Å². The lowest BCUT2D eigenvalue weighted by Gasteiger charge is -2.09. The van der Waals surface area contributed by atoms with Crippen LogP contribution in [0.2, 0.25) is 0 Å². The van der Waals surface area contributed by atoms with Gasteiger partial charge in [-0.1, -0.05) is 42.5 Å². The number of aromatic nitrogens is 4. The Morgan fingerprint density at radius 2 is 1.73 bits per heavy atom. The zero-order chi connectivity index (χ0) is 17.3. The van der Waals surface area contributed by atoms with Crippen LogP contribution >= 0.6 is 0 Å². The summed E-state index contributed by atoms with van der Waals surface area (Å²) in [4.78, 5) is 9.42. The summed E-state index contributed by atoms with van der Waals surface area (Å²) < 4.78 is 5.73. The van der Waals surface area contributed by atoms with Crippen molar-refractivity contribution in [1.29, 1.82) is 0 Å². The molecule has 0 saturated heterocycles. The fourth-order valence-electron chi connectivity index (χ4n) is 2.92. The van der Waals surface area contributed by atoms with Gasteiger partial charge in [0.25, 0.3) is 0 Å². The van der Waals surface area contributed by atoms with Gasteiger partial charge in [0.2, 0.25) is 11.8 Å². The largest absolute Gasteiger partial charge is 0.423 e. The minimum absolute atomic E-state index is 0.439. The minimum Gasteiger partial charge on any atom is -0.423 e. The highest BCUT2D eigenvalue weighted by atomic mass is 16.4. The third-order valence-corrected chi connectivity index (χ3v) is 4.45. The van der Waals surface area contributed by atoms with E-state index in [9.17, 15) is 0 Å². The Balaban J connectivity index is 1.48. The fraction of sp³-hybridized carbons (Fsp3) is 0.200. The van der Waals surface area contributed by atoms with Crippen LogP contribution in [-0.4, -0.2) is 20.2 Å². The summed E-state index contributed by atoms with van der Waals surface area (Å²) in [5.41, 5.74) is 1.88. The molecule has 1 saturated carbocycles. The number of benzene rings is 2. The molecule has 0 atom stereocenters. The Labute approximate surface area is 150 Å². The molecule has 0 radical (unpaired) electrons. The van der Waals surface area contributed by atoms with Gasteiger partial charge >= 0.3 is 0 Å². The molecule has 0 unspecified atom stereocenters. The van der Waals surface area contributed by atoms with Crippen molar-refractivity contribution in [2.75, 3.05) is 5.32 Å². The van der Waals surface area contributed by atoms with E-state index in [2.05, 4.69) is 15.5 Å². The smallest absolute Gasteiger partial charge is 0.235 e. The first-order valence-electron chi connectivity index (χ1n) is 8.75. The number of anilines is 1. The van der Waals surface area contributed by atoms with Crippen LogP contribution in [0.4, 0.5) is 5.82 Å². The van der Waals surface area contributed by atoms with Gasteiger partial charge in [-0.15, -0.1) is 10.2 Å². The van der Waals surface area contributed by atoms with Gasteiger partial charge in [-0.2, -0.15) is 0 Å². The normalized spacial score (nSPS) is 13.8. The van der Waals surface area contributed by atoms with Gasteiger partial charge in [0.1, 0.15) is 5.82 Å². The van der Waals surface area contributed by atoms with Crippen LogP contribution in [0.1, 0.15) is 30.5 Å². The van der Waals surface area contributed by atoms with Crippen LogP contribution in [-0.2, 0) is 6.54 Å². The lowest BCUT2D eigenvalue weighted by Crippen LogP contribution is -2.04. The molecule has 26 heavy (non-hydrogen) atoms. The molecule has 0 aliphatic heterocycles. The first-order chi connectivity index (χ1) is 12.9. The van der Waals surface area contributed by atoms with Crippen LogP contribution in [0.15, 0.2) is 59.0 Å². The van der Waals surface area contributed by atoms with Crippen molar-refractivity contribution in [3.8, 4) is 11.4 Å². The van der Waals surface area contributed by atoms with E-state index in [-0.39, 0.29) is 0 Å². The molecule has 6 heteroatoms. The highest BCUT2D eigenvalue weighted by Gasteiger charge is 2.29. The molecule has 128 valence electrons. The summed E-state index contributed by atoms with van der Waals surface area (Å²) in [6.07, 6.45) is 2.29. The summed E-state index contributed by atoms with van der Waals surface area (Å²) in [7, 11) is 0. The highest BCUT2D eigenvalue weighted by Crippen LogP contribution is 2.39. The van der Waals surface area contributed by atoms with Crippen molar-refractivity contribution < 1.29 is 4.42 Å². The van der Waals surface area contributed by atoms with E-state index in [0.717, 1.165) is 41.0 Å². The van der Waals surface area contributed by atoms with Crippen molar-refractivity contribution in [2.45, 2.75) is 25.3 Å². The van der Waals surface area contributed by atoms with E-state index in [4.69, 9.17) is 14.4 Å². The van der Waals surface area contributed by atoms with Crippen LogP contribution in [0.25, 0.3) is 22.3 Å². The van der Waals surface area contributed by atoms with Gasteiger partial charge in [0, 0.05) is 16.9 Å². The monoisotopic (exact) mass is 343 g/mol. The van der Waals surface area contributed by atoms with Crippen molar-refractivity contribution >= 4 is 16.7 Å². The van der Waals surface area contributed by atoms with E-state index >= 15 is 0 Å².